The zero-order chi connectivity index (χ0) is 52.6. The lowest BCUT2D eigenvalue weighted by atomic mass is 9.49. The zero-order valence-corrected chi connectivity index (χ0v) is 42.2. The molecule has 8 N–H and O–H groups in total. The standard InChI is InChI=1S/C53H71N7O13/c1-5-10-45-72-41-26-36-35-18-15-32-25-34(61)21-22-52(32,4)46(35)39(62)27-37(36)53(41,73-45)40(63)29-71-51(70)56-28-31-13-16-33(17-14-31)57-48(67)38(11-9-23-55-50(54)69)58-49(68)47(30(2)3)59-42(64)12-7-6-8-24-60-43(65)19-20-44(60)66/h13-14,16-17,19-22,25,30,35-39,41,45-47,62H,5-12,15,18,23-24,26-29H2,1-4H3,(H,56,70)(H,57,67)(H,58,68)(H,59,64)(H3,54,55,69)/t35-,36-,37?,38-,39-,41+,45?,46+,47-,52-,53+/m0/s1. The minimum Gasteiger partial charge on any atom is -0.441 e. The van der Waals surface area contributed by atoms with Gasteiger partial charge in [-0.25, -0.2) is 9.59 Å². The zero-order valence-electron chi connectivity index (χ0n) is 42.2. The number of unbranched alkanes of at least 4 members (excludes halogenated alkanes) is 2. The van der Waals surface area contributed by atoms with E-state index in [9.17, 15) is 48.3 Å². The molecule has 73 heavy (non-hydrogen) atoms. The average molecular weight is 1010 g/mol. The Hall–Kier alpha value is -6.25. The van der Waals surface area contributed by atoms with E-state index in [1.165, 1.54) is 12.2 Å². The summed E-state index contributed by atoms with van der Waals surface area (Å²) in [5.41, 5.74) is 5.41. The van der Waals surface area contributed by atoms with Gasteiger partial charge in [0.05, 0.1) is 12.2 Å². The molecule has 20 heteroatoms. The first kappa shape index (κ1) is 54.5. The molecule has 6 aliphatic rings. The maximum atomic E-state index is 14.4. The van der Waals surface area contributed by atoms with Crippen molar-refractivity contribution in [3.63, 3.8) is 0 Å². The van der Waals surface area contributed by atoms with Gasteiger partial charge in [-0.1, -0.05) is 64.3 Å². The highest BCUT2D eigenvalue weighted by Gasteiger charge is 2.70. The minimum absolute atomic E-state index is 0.0187. The Balaban J connectivity index is 0.902. The number of carbonyl (C=O) groups is 9. The lowest BCUT2D eigenvalue weighted by Crippen LogP contribution is -2.58. The number of primary amides is 1. The van der Waals surface area contributed by atoms with Crippen molar-refractivity contribution in [1.29, 1.82) is 0 Å². The van der Waals surface area contributed by atoms with Crippen molar-refractivity contribution < 1.29 is 62.5 Å². The smallest absolute Gasteiger partial charge is 0.407 e. The number of alkyl carbamates (subject to hydrolysis) is 1. The molecule has 0 spiro atoms. The summed E-state index contributed by atoms with van der Waals surface area (Å²) in [6.45, 7) is 7.46. The molecule has 2 heterocycles. The fraction of sp³-hybridized carbons (Fsp3) is 0.604. The number of benzene rings is 1. The summed E-state index contributed by atoms with van der Waals surface area (Å²) < 4.78 is 18.5. The number of amides is 8. The lowest BCUT2D eigenvalue weighted by molar-refractivity contribution is -0.174. The molecule has 0 radical (unpaired) electrons. The number of nitrogens with two attached hydrogens (primary N) is 1. The van der Waals surface area contributed by atoms with E-state index in [1.807, 2.05) is 13.0 Å². The van der Waals surface area contributed by atoms with Gasteiger partial charge in [0, 0.05) is 61.1 Å². The number of ether oxygens (including phenoxy) is 3. The quantitative estimate of drug-likeness (QED) is 0.0608. The Bertz CT molecular complexity index is 2370. The maximum Gasteiger partial charge on any atom is 0.407 e. The van der Waals surface area contributed by atoms with Crippen molar-refractivity contribution in [3.05, 3.63) is 65.8 Å². The van der Waals surface area contributed by atoms with E-state index in [4.69, 9.17) is 19.9 Å². The number of Topliss-reactive ketones (excluding diaryl/α,β-unsaturated/α-hetero) is 1. The predicted octanol–water partition coefficient (Wildman–Crippen LogP) is 3.76. The van der Waals surface area contributed by atoms with Crippen LogP contribution in [0.1, 0.15) is 110 Å². The van der Waals surface area contributed by atoms with Gasteiger partial charge < -0.3 is 51.6 Å². The maximum absolute atomic E-state index is 14.4. The fourth-order valence-electron chi connectivity index (χ4n) is 12.1. The van der Waals surface area contributed by atoms with Crippen LogP contribution in [-0.2, 0) is 54.3 Å². The second-order valence-corrected chi connectivity index (χ2v) is 20.8. The molecule has 7 rings (SSSR count). The summed E-state index contributed by atoms with van der Waals surface area (Å²) in [5.74, 6) is -3.43. The number of allylic oxidation sites excluding steroid dienone is 4. The average Bonchev–Trinajstić information content (AvgIpc) is 3.98. The van der Waals surface area contributed by atoms with Crippen LogP contribution in [0.25, 0.3) is 0 Å². The van der Waals surface area contributed by atoms with Gasteiger partial charge in [-0.3, -0.25) is 38.5 Å². The normalized spacial score (nSPS) is 28.5. The third kappa shape index (κ3) is 12.4. The number of imide groups is 1. The molecular formula is C53H71N7O13. The van der Waals surface area contributed by atoms with Crippen LogP contribution in [-0.4, -0.2) is 119 Å². The molecule has 8 amide bonds. The minimum atomic E-state index is -1.39. The molecule has 396 valence electrons. The monoisotopic (exact) mass is 1010 g/mol. The fourth-order valence-corrected chi connectivity index (χ4v) is 12.1. The number of anilines is 1. The van der Waals surface area contributed by atoms with Gasteiger partial charge in [0.25, 0.3) is 11.8 Å². The number of hydrogen-bond donors (Lipinski definition) is 7. The Labute approximate surface area is 425 Å². The van der Waals surface area contributed by atoms with Gasteiger partial charge in [0.15, 0.2) is 24.3 Å². The highest BCUT2D eigenvalue weighted by atomic mass is 16.7. The number of nitrogens with one attached hydrogen (secondary N) is 5. The number of urea groups is 1. The number of aliphatic hydroxyl groups excluding tert-OH is 1. The molecule has 0 aromatic heterocycles. The number of aliphatic hydroxyl groups is 1. The van der Waals surface area contributed by atoms with Crippen molar-refractivity contribution in [2.75, 3.05) is 25.0 Å². The van der Waals surface area contributed by atoms with E-state index in [-0.39, 0.29) is 92.0 Å². The summed E-state index contributed by atoms with van der Waals surface area (Å²) in [6, 6.07) is 3.79. The van der Waals surface area contributed by atoms with Crippen molar-refractivity contribution in [3.8, 4) is 0 Å². The van der Waals surface area contributed by atoms with Gasteiger partial charge in [0.1, 0.15) is 12.1 Å². The van der Waals surface area contributed by atoms with E-state index in [0.717, 1.165) is 29.7 Å². The molecule has 1 aromatic rings. The number of rotatable bonds is 23. The molecule has 4 fully saturated rings. The number of ketones is 2. The van der Waals surface area contributed by atoms with Crippen LogP contribution < -0.4 is 32.3 Å². The van der Waals surface area contributed by atoms with Crippen LogP contribution in [0.4, 0.5) is 15.3 Å². The van der Waals surface area contributed by atoms with E-state index >= 15 is 0 Å². The highest BCUT2D eigenvalue weighted by molar-refractivity contribution is 6.12. The largest absolute Gasteiger partial charge is 0.441 e. The van der Waals surface area contributed by atoms with E-state index in [1.54, 1.807) is 50.3 Å². The van der Waals surface area contributed by atoms with Crippen molar-refractivity contribution >= 4 is 58.9 Å². The van der Waals surface area contributed by atoms with E-state index in [0.29, 0.717) is 49.8 Å². The summed E-state index contributed by atoms with van der Waals surface area (Å²) >= 11 is 0. The molecule has 3 saturated carbocycles. The molecule has 4 aliphatic carbocycles. The summed E-state index contributed by atoms with van der Waals surface area (Å²) in [4.78, 5) is 116. The molecule has 20 nitrogen and oxygen atoms in total. The predicted molar refractivity (Wildman–Crippen MR) is 264 cm³/mol. The second kappa shape index (κ2) is 23.7. The first-order valence-corrected chi connectivity index (χ1v) is 25.8. The van der Waals surface area contributed by atoms with Crippen LogP contribution in [0.2, 0.25) is 0 Å². The molecule has 2 unspecified atom stereocenters. The Kier molecular flexibility index (Phi) is 17.7. The van der Waals surface area contributed by atoms with E-state index < -0.39 is 77.9 Å². The lowest BCUT2D eigenvalue weighted by Gasteiger charge is -2.56. The van der Waals surface area contributed by atoms with Crippen LogP contribution in [0.15, 0.2) is 60.2 Å². The summed E-state index contributed by atoms with van der Waals surface area (Å²) in [6.07, 6.45) is 10.7. The molecular weight excluding hydrogens is 943 g/mol. The van der Waals surface area contributed by atoms with Crippen LogP contribution >= 0.6 is 0 Å². The van der Waals surface area contributed by atoms with Gasteiger partial charge in [0.2, 0.25) is 23.5 Å². The van der Waals surface area contributed by atoms with Crippen LogP contribution in [0, 0.1) is 35.0 Å². The number of carbonyl (C=O) groups excluding carboxylic acids is 9. The molecule has 1 aromatic carbocycles. The highest BCUT2D eigenvalue weighted by Crippen LogP contribution is 2.64. The van der Waals surface area contributed by atoms with Gasteiger partial charge in [-0.2, -0.15) is 0 Å². The topological polar surface area (TPSA) is 291 Å². The molecule has 0 bridgehead atoms. The first-order chi connectivity index (χ1) is 34.8. The van der Waals surface area contributed by atoms with Crippen LogP contribution in [0.5, 0.6) is 0 Å². The molecule has 11 atom stereocenters. The summed E-state index contributed by atoms with van der Waals surface area (Å²) in [7, 11) is 0. The SMILES string of the molecule is CCCC1O[C@@H]2C[C@@H]3C(C[C@H](O)[C@H]4[C@H]3CCC3=CC(=O)C=C[C@@]34C)[C@]2(C(=O)COC(=O)NCc2ccc(NC(=O)[C@H](CCCNC(N)=O)NC(=O)[C@@H](NC(=O)CCCCCN3C(=O)C=CC3=O)C(C)C)cc2)O1. The van der Waals surface area contributed by atoms with E-state index in [2.05, 4.69) is 33.5 Å². The van der Waals surface area contributed by atoms with Crippen molar-refractivity contribution in [1.82, 2.24) is 26.2 Å². The second-order valence-electron chi connectivity index (χ2n) is 20.8. The third-order valence-corrected chi connectivity index (χ3v) is 15.6. The van der Waals surface area contributed by atoms with Gasteiger partial charge >= 0.3 is 12.1 Å². The van der Waals surface area contributed by atoms with Gasteiger partial charge in [-0.15, -0.1) is 0 Å². The Morgan fingerprint density at radius 2 is 1.66 bits per heavy atom. The van der Waals surface area contributed by atoms with Crippen molar-refractivity contribution in [2.24, 2.45) is 40.7 Å². The van der Waals surface area contributed by atoms with Crippen LogP contribution in [0.3, 0.4) is 0 Å². The Morgan fingerprint density at radius 3 is 2.36 bits per heavy atom. The van der Waals surface area contributed by atoms with Gasteiger partial charge in [-0.05, 0) is 105 Å². The van der Waals surface area contributed by atoms with Crippen molar-refractivity contribution in [2.45, 2.75) is 147 Å². The third-order valence-electron chi connectivity index (χ3n) is 15.6. The number of hydrogen-bond acceptors (Lipinski definition) is 13. The number of fused-ring (bicyclic) bond motifs is 7. The molecule has 1 saturated heterocycles. The summed E-state index contributed by atoms with van der Waals surface area (Å²) in [5, 5.41) is 25.3. The Morgan fingerprint density at radius 1 is 0.918 bits per heavy atom. The number of nitrogens with zero attached hydrogens (tertiary/aromatic N) is 1. The first-order valence-electron chi connectivity index (χ1n) is 25.8. The molecule has 2 aliphatic heterocycles.